The van der Waals surface area contributed by atoms with Crippen molar-refractivity contribution in [3.8, 4) is 5.75 Å². The van der Waals surface area contributed by atoms with Crippen molar-refractivity contribution in [1.29, 1.82) is 0 Å². The van der Waals surface area contributed by atoms with E-state index >= 15 is 0 Å². The third-order valence-corrected chi connectivity index (χ3v) is 3.88. The number of aryl methyl sites for hydroxylation is 1. The summed E-state index contributed by atoms with van der Waals surface area (Å²) in [5, 5.41) is 3.18. The summed E-state index contributed by atoms with van der Waals surface area (Å²) in [6.07, 6.45) is 5.96. The van der Waals surface area contributed by atoms with Gasteiger partial charge in [-0.05, 0) is 45.1 Å². The van der Waals surface area contributed by atoms with Crippen molar-refractivity contribution in [1.82, 2.24) is 10.3 Å². The second kappa shape index (κ2) is 6.38. The minimum absolute atomic E-state index is 0.358. The molecule has 1 aliphatic rings. The maximum atomic E-state index is 6.28. The summed E-state index contributed by atoms with van der Waals surface area (Å²) in [5.74, 6) is 2.54. The van der Waals surface area contributed by atoms with Gasteiger partial charge in [0.15, 0.2) is 0 Å². The Morgan fingerprint density at radius 1 is 1.26 bits per heavy atom. The van der Waals surface area contributed by atoms with Gasteiger partial charge in [-0.2, -0.15) is 0 Å². The van der Waals surface area contributed by atoms with E-state index in [0.29, 0.717) is 6.10 Å². The molecule has 0 amide bonds. The van der Waals surface area contributed by atoms with Crippen LogP contribution in [0.1, 0.15) is 44.4 Å². The first-order valence-electron chi connectivity index (χ1n) is 7.35. The molecule has 0 bridgehead atoms. The van der Waals surface area contributed by atoms with E-state index in [1.54, 1.807) is 0 Å². The number of ether oxygens (including phenoxy) is 1. The molecule has 1 aromatic heterocycles. The van der Waals surface area contributed by atoms with Gasteiger partial charge in [0.2, 0.25) is 0 Å². The van der Waals surface area contributed by atoms with Gasteiger partial charge >= 0.3 is 0 Å². The molecule has 1 aromatic rings. The minimum Gasteiger partial charge on any atom is -0.490 e. The second-order valence-electron chi connectivity index (χ2n) is 6.12. The molecule has 0 saturated heterocycles. The fourth-order valence-corrected chi connectivity index (χ4v) is 3.14. The largest absolute Gasteiger partial charge is 0.490 e. The lowest BCUT2D eigenvalue weighted by atomic mass is 9.82. The Morgan fingerprint density at radius 2 is 1.95 bits per heavy atom. The number of hydrogen-bond acceptors (Lipinski definition) is 3. The predicted molar refractivity (Wildman–Crippen MR) is 78.3 cm³/mol. The first kappa shape index (κ1) is 14.3. The molecule has 0 radical (unpaired) electrons. The highest BCUT2D eigenvalue weighted by molar-refractivity contribution is 5.33. The molecule has 3 nitrogen and oxygen atoms in total. The van der Waals surface area contributed by atoms with Gasteiger partial charge in [-0.1, -0.05) is 13.8 Å². The summed E-state index contributed by atoms with van der Waals surface area (Å²) < 4.78 is 6.28. The molecule has 1 heterocycles. The lowest BCUT2D eigenvalue weighted by Gasteiger charge is -2.32. The molecule has 2 atom stereocenters. The Kier molecular flexibility index (Phi) is 4.81. The average Bonchev–Trinajstić information content (AvgIpc) is 2.31. The van der Waals surface area contributed by atoms with Crippen LogP contribution in [-0.4, -0.2) is 18.1 Å². The summed E-state index contributed by atoms with van der Waals surface area (Å²) in [6.45, 7) is 7.49. The number of aromatic nitrogens is 1. The molecule has 1 saturated carbocycles. The van der Waals surface area contributed by atoms with Gasteiger partial charge in [0.1, 0.15) is 5.75 Å². The van der Waals surface area contributed by atoms with Gasteiger partial charge in [-0.3, -0.25) is 4.98 Å². The molecule has 0 aromatic carbocycles. The van der Waals surface area contributed by atoms with E-state index in [1.165, 1.54) is 19.3 Å². The number of hydrogen-bond donors (Lipinski definition) is 1. The van der Waals surface area contributed by atoms with E-state index in [2.05, 4.69) is 30.2 Å². The third-order valence-electron chi connectivity index (χ3n) is 3.88. The standard InChI is InChI=1S/C16H26N2O/c1-11-5-12(2)7-15(6-11)19-16-8-13(3)18-10-14(16)9-17-4/h8,10-12,15,17H,5-7,9H2,1-4H3. The molecule has 2 rings (SSSR count). The van der Waals surface area contributed by atoms with E-state index in [4.69, 9.17) is 4.74 Å². The van der Waals surface area contributed by atoms with Gasteiger partial charge in [0.25, 0.3) is 0 Å². The van der Waals surface area contributed by atoms with Crippen molar-refractivity contribution in [2.24, 2.45) is 11.8 Å². The molecular weight excluding hydrogens is 236 g/mol. The van der Waals surface area contributed by atoms with Gasteiger partial charge in [-0.15, -0.1) is 0 Å². The van der Waals surface area contributed by atoms with Crippen molar-refractivity contribution in [2.45, 2.75) is 52.7 Å². The summed E-state index contributed by atoms with van der Waals surface area (Å²) in [4.78, 5) is 4.36. The first-order chi connectivity index (χ1) is 9.08. The molecule has 19 heavy (non-hydrogen) atoms. The van der Waals surface area contributed by atoms with Gasteiger partial charge in [-0.25, -0.2) is 0 Å². The quantitative estimate of drug-likeness (QED) is 0.904. The molecule has 2 unspecified atom stereocenters. The first-order valence-corrected chi connectivity index (χ1v) is 7.35. The zero-order valence-electron chi connectivity index (χ0n) is 12.6. The van der Waals surface area contributed by atoms with Crippen LogP contribution in [0, 0.1) is 18.8 Å². The zero-order valence-corrected chi connectivity index (χ0v) is 12.6. The Labute approximate surface area is 116 Å². The molecule has 1 aliphatic carbocycles. The summed E-state index contributed by atoms with van der Waals surface area (Å²) in [5.41, 5.74) is 2.17. The predicted octanol–water partition coefficient (Wildman–Crippen LogP) is 3.31. The fraction of sp³-hybridized carbons (Fsp3) is 0.688. The topological polar surface area (TPSA) is 34.2 Å². The van der Waals surface area contributed by atoms with Gasteiger partial charge < -0.3 is 10.1 Å². The summed E-state index contributed by atoms with van der Waals surface area (Å²) in [7, 11) is 1.95. The highest BCUT2D eigenvalue weighted by Crippen LogP contribution is 2.32. The molecule has 1 N–H and O–H groups in total. The number of rotatable bonds is 4. The van der Waals surface area contributed by atoms with Crippen LogP contribution < -0.4 is 10.1 Å². The van der Waals surface area contributed by atoms with Gasteiger partial charge in [0, 0.05) is 30.1 Å². The molecule has 106 valence electrons. The SMILES string of the molecule is CNCc1cnc(C)cc1OC1CC(C)CC(C)C1. The van der Waals surface area contributed by atoms with E-state index in [-0.39, 0.29) is 0 Å². The number of nitrogens with one attached hydrogen (secondary N) is 1. The minimum atomic E-state index is 0.358. The monoisotopic (exact) mass is 262 g/mol. The molecule has 0 spiro atoms. The Bertz CT molecular complexity index is 409. The lowest BCUT2D eigenvalue weighted by Crippen LogP contribution is -2.29. The van der Waals surface area contributed by atoms with Crippen molar-refractivity contribution in [3.05, 3.63) is 23.5 Å². The highest BCUT2D eigenvalue weighted by Gasteiger charge is 2.25. The van der Waals surface area contributed by atoms with E-state index < -0.39 is 0 Å². The molecule has 1 fully saturated rings. The highest BCUT2D eigenvalue weighted by atomic mass is 16.5. The van der Waals surface area contributed by atoms with Crippen molar-refractivity contribution < 1.29 is 4.74 Å². The van der Waals surface area contributed by atoms with Crippen LogP contribution in [0.15, 0.2) is 12.3 Å². The Hall–Kier alpha value is -1.09. The van der Waals surface area contributed by atoms with Crippen LogP contribution in [0.2, 0.25) is 0 Å². The number of nitrogens with zero attached hydrogens (tertiary/aromatic N) is 1. The summed E-state index contributed by atoms with van der Waals surface area (Å²) in [6, 6.07) is 2.07. The van der Waals surface area contributed by atoms with E-state index in [0.717, 1.165) is 35.4 Å². The van der Waals surface area contributed by atoms with Crippen molar-refractivity contribution in [2.75, 3.05) is 7.05 Å². The smallest absolute Gasteiger partial charge is 0.127 e. The number of pyridine rings is 1. The maximum Gasteiger partial charge on any atom is 0.127 e. The fourth-order valence-electron chi connectivity index (χ4n) is 3.14. The van der Waals surface area contributed by atoms with Crippen LogP contribution in [0.3, 0.4) is 0 Å². The molecular formula is C16H26N2O. The van der Waals surface area contributed by atoms with Crippen LogP contribution in [0.4, 0.5) is 0 Å². The van der Waals surface area contributed by atoms with Crippen LogP contribution in [0.5, 0.6) is 5.75 Å². The molecule has 0 aliphatic heterocycles. The van der Waals surface area contributed by atoms with Crippen LogP contribution in [-0.2, 0) is 6.54 Å². The normalized spacial score (nSPS) is 27.3. The van der Waals surface area contributed by atoms with Gasteiger partial charge in [0.05, 0.1) is 6.10 Å². The summed E-state index contributed by atoms with van der Waals surface area (Å²) >= 11 is 0. The van der Waals surface area contributed by atoms with E-state index in [9.17, 15) is 0 Å². The molecule has 3 heteroatoms. The van der Waals surface area contributed by atoms with E-state index in [1.807, 2.05) is 20.2 Å². The van der Waals surface area contributed by atoms with Crippen molar-refractivity contribution in [3.63, 3.8) is 0 Å². The van der Waals surface area contributed by atoms with Crippen molar-refractivity contribution >= 4 is 0 Å². The Morgan fingerprint density at radius 3 is 2.58 bits per heavy atom. The second-order valence-corrected chi connectivity index (χ2v) is 6.12. The third kappa shape index (κ3) is 3.93. The zero-order chi connectivity index (χ0) is 13.8. The average molecular weight is 262 g/mol. The maximum absolute atomic E-state index is 6.28. The Balaban J connectivity index is 2.10. The lowest BCUT2D eigenvalue weighted by molar-refractivity contribution is 0.0998. The van der Waals surface area contributed by atoms with Crippen LogP contribution >= 0.6 is 0 Å². The van der Waals surface area contributed by atoms with Crippen LogP contribution in [0.25, 0.3) is 0 Å².